The molecule has 44 heavy (non-hydrogen) atoms. The topological polar surface area (TPSA) is 83.0 Å². The van der Waals surface area contributed by atoms with E-state index in [1.807, 2.05) is 0 Å². The molecule has 0 fully saturated rings. The second-order valence-electron chi connectivity index (χ2n) is 10.3. The number of ether oxygens (including phenoxy) is 1. The summed E-state index contributed by atoms with van der Waals surface area (Å²) in [6, 6.07) is 8.20. The Bertz CT molecular complexity index is 1370. The second kappa shape index (κ2) is 15.1. The van der Waals surface area contributed by atoms with Gasteiger partial charge >= 0.3 is 18.3 Å². The molecule has 0 saturated heterocycles. The fourth-order valence-corrected chi connectivity index (χ4v) is 4.82. The van der Waals surface area contributed by atoms with Crippen LogP contribution < -0.4 is 10.6 Å². The van der Waals surface area contributed by atoms with Gasteiger partial charge in [0.25, 0.3) is 0 Å². The zero-order valence-electron chi connectivity index (χ0n) is 24.7. The van der Waals surface area contributed by atoms with Crippen LogP contribution in [0.2, 0.25) is 0 Å². The number of benzene rings is 2. The second-order valence-corrected chi connectivity index (χ2v) is 10.3. The first-order chi connectivity index (χ1) is 20.7. The summed E-state index contributed by atoms with van der Waals surface area (Å²) in [5.41, 5.74) is -0.792. The lowest BCUT2D eigenvalue weighted by molar-refractivity contribution is -0.140. The van der Waals surface area contributed by atoms with Crippen LogP contribution in [-0.2, 0) is 33.2 Å². The average molecular weight is 627 g/mol. The van der Waals surface area contributed by atoms with Gasteiger partial charge in [-0.05, 0) is 68.5 Å². The lowest BCUT2D eigenvalue weighted by atomic mass is 9.93. The Labute approximate surface area is 252 Å². The van der Waals surface area contributed by atoms with E-state index in [-0.39, 0.29) is 41.7 Å². The largest absolute Gasteiger partial charge is 0.462 e. The number of hydrogen-bond acceptors (Lipinski definition) is 4. The Hall–Kier alpha value is -4.03. The maximum Gasteiger partial charge on any atom is 0.416 e. The molecule has 0 aliphatic carbocycles. The van der Waals surface area contributed by atoms with Gasteiger partial charge in [-0.3, -0.25) is 4.79 Å². The van der Waals surface area contributed by atoms with Gasteiger partial charge in [-0.1, -0.05) is 30.7 Å². The molecule has 3 rings (SSSR count). The van der Waals surface area contributed by atoms with Gasteiger partial charge < -0.3 is 20.3 Å². The number of nitrogens with zero attached hydrogens (tertiary/aromatic N) is 2. The highest BCUT2D eigenvalue weighted by molar-refractivity contribution is 5.96. The monoisotopic (exact) mass is 626 g/mol. The standard InChI is InChI=1S/C31H36F6N4O3/c1-4-41-20(2)26(28(43)44-16-8-6-5-7-15-38-21(3)42)27(23-12-10-14-25(18-23)31(35,36)37)40-29(41)39-19-22-11-9-13-24(17-22)30(32,33)34/h9-14,17-18,27H,4-8,15-16,19H2,1-3H3,(H,38,42)(H,39,40). The molecule has 13 heteroatoms. The maximum atomic E-state index is 13.6. The van der Waals surface area contributed by atoms with E-state index >= 15 is 0 Å². The molecule has 7 nitrogen and oxygen atoms in total. The molecule has 1 heterocycles. The molecular weight excluding hydrogens is 590 g/mol. The predicted octanol–water partition coefficient (Wildman–Crippen LogP) is 6.76. The fourth-order valence-electron chi connectivity index (χ4n) is 4.82. The Morgan fingerprint density at radius 3 is 2.23 bits per heavy atom. The molecule has 0 spiro atoms. The number of aliphatic imine (C=N–C) groups is 1. The third kappa shape index (κ3) is 9.48. The van der Waals surface area contributed by atoms with Crippen LogP contribution in [0, 0.1) is 0 Å². The molecule has 2 aromatic carbocycles. The summed E-state index contributed by atoms with van der Waals surface area (Å²) in [7, 11) is 0. The van der Waals surface area contributed by atoms with Gasteiger partial charge in [0.1, 0.15) is 0 Å². The van der Waals surface area contributed by atoms with E-state index in [9.17, 15) is 35.9 Å². The number of unbranched alkanes of at least 4 members (excludes halogenated alkanes) is 3. The van der Waals surface area contributed by atoms with E-state index in [0.29, 0.717) is 25.2 Å². The number of allylic oxidation sites excluding steroid dienone is 1. The van der Waals surface area contributed by atoms with Crippen LogP contribution in [0.5, 0.6) is 0 Å². The number of rotatable bonds is 12. The van der Waals surface area contributed by atoms with Crippen LogP contribution in [0.1, 0.15) is 74.8 Å². The molecule has 1 aliphatic heterocycles. The maximum absolute atomic E-state index is 13.6. The number of carbonyl (C=O) groups is 2. The Morgan fingerprint density at radius 1 is 0.955 bits per heavy atom. The first-order valence-corrected chi connectivity index (χ1v) is 14.3. The lowest BCUT2D eigenvalue weighted by Crippen LogP contribution is -2.49. The SMILES string of the molecule is CCN1C(=NCc2cccc(C(F)(F)F)c2)NC(c2cccc(C(F)(F)F)c2)C(C(=O)OCCCCCCNC(C)=O)=C1C. The van der Waals surface area contributed by atoms with Crippen molar-refractivity contribution in [3.8, 4) is 0 Å². The van der Waals surface area contributed by atoms with E-state index in [1.165, 1.54) is 31.2 Å². The first-order valence-electron chi connectivity index (χ1n) is 14.3. The van der Waals surface area contributed by atoms with Crippen molar-refractivity contribution in [3.63, 3.8) is 0 Å². The van der Waals surface area contributed by atoms with E-state index in [2.05, 4.69) is 15.6 Å². The number of halogens is 6. The van der Waals surface area contributed by atoms with Crippen molar-refractivity contribution < 1.29 is 40.7 Å². The summed E-state index contributed by atoms with van der Waals surface area (Å²) in [6.45, 7) is 5.65. The molecule has 1 aliphatic rings. The molecule has 0 aromatic heterocycles. The zero-order chi connectivity index (χ0) is 32.5. The van der Waals surface area contributed by atoms with Gasteiger partial charge in [0.15, 0.2) is 5.96 Å². The number of esters is 1. The van der Waals surface area contributed by atoms with E-state index in [0.717, 1.165) is 43.5 Å². The molecule has 2 aromatic rings. The van der Waals surface area contributed by atoms with Crippen LogP contribution in [0.4, 0.5) is 26.3 Å². The summed E-state index contributed by atoms with van der Waals surface area (Å²) in [6.07, 6.45) is -6.28. The molecule has 1 unspecified atom stereocenters. The number of nitrogens with one attached hydrogen (secondary N) is 2. The first kappa shape index (κ1) is 34.5. The molecule has 1 atom stereocenters. The number of amides is 1. The highest BCUT2D eigenvalue weighted by atomic mass is 19.4. The van der Waals surface area contributed by atoms with E-state index < -0.39 is 35.5 Å². The predicted molar refractivity (Wildman–Crippen MR) is 153 cm³/mol. The molecule has 2 N–H and O–H groups in total. The highest BCUT2D eigenvalue weighted by Crippen LogP contribution is 2.36. The summed E-state index contributed by atoms with van der Waals surface area (Å²) in [4.78, 5) is 30.5. The minimum atomic E-state index is -4.63. The minimum absolute atomic E-state index is 0.0910. The van der Waals surface area contributed by atoms with Crippen molar-refractivity contribution in [3.05, 3.63) is 82.1 Å². The zero-order valence-corrected chi connectivity index (χ0v) is 24.7. The van der Waals surface area contributed by atoms with Crippen molar-refractivity contribution in [2.45, 2.75) is 71.4 Å². The van der Waals surface area contributed by atoms with Crippen LogP contribution in [-0.4, -0.2) is 42.4 Å². The molecule has 240 valence electrons. The number of hydrogen-bond donors (Lipinski definition) is 2. The Kier molecular flexibility index (Phi) is 11.8. The van der Waals surface area contributed by atoms with Crippen LogP contribution in [0.25, 0.3) is 0 Å². The van der Waals surface area contributed by atoms with Crippen molar-refractivity contribution in [1.29, 1.82) is 0 Å². The van der Waals surface area contributed by atoms with E-state index in [1.54, 1.807) is 18.7 Å². The quantitative estimate of drug-likeness (QED) is 0.155. The lowest BCUT2D eigenvalue weighted by Gasteiger charge is -2.37. The van der Waals surface area contributed by atoms with Gasteiger partial charge in [-0.25, -0.2) is 9.79 Å². The smallest absolute Gasteiger partial charge is 0.416 e. The van der Waals surface area contributed by atoms with Crippen molar-refractivity contribution in [1.82, 2.24) is 15.5 Å². The summed E-state index contributed by atoms with van der Waals surface area (Å²) < 4.78 is 85.9. The van der Waals surface area contributed by atoms with Crippen molar-refractivity contribution in [2.24, 2.45) is 4.99 Å². The molecule has 1 amide bonds. The van der Waals surface area contributed by atoms with Gasteiger partial charge in [0.05, 0.1) is 35.9 Å². The normalized spacial score (nSPS) is 16.6. The van der Waals surface area contributed by atoms with Gasteiger partial charge in [0, 0.05) is 25.7 Å². The molecule has 0 bridgehead atoms. The average Bonchev–Trinajstić information content (AvgIpc) is 2.96. The minimum Gasteiger partial charge on any atom is -0.462 e. The van der Waals surface area contributed by atoms with Crippen molar-refractivity contribution in [2.75, 3.05) is 19.7 Å². The van der Waals surface area contributed by atoms with E-state index in [4.69, 9.17) is 4.74 Å². The van der Waals surface area contributed by atoms with Crippen LogP contribution >= 0.6 is 0 Å². The van der Waals surface area contributed by atoms with Crippen LogP contribution in [0.3, 0.4) is 0 Å². The Morgan fingerprint density at radius 2 is 1.59 bits per heavy atom. The van der Waals surface area contributed by atoms with Crippen LogP contribution in [0.15, 0.2) is 64.8 Å². The summed E-state index contributed by atoms with van der Waals surface area (Å²) in [5.74, 6) is -0.615. The number of guanidine groups is 1. The summed E-state index contributed by atoms with van der Waals surface area (Å²) >= 11 is 0. The van der Waals surface area contributed by atoms with Gasteiger partial charge in [0.2, 0.25) is 5.91 Å². The molecular formula is C31H36F6N4O3. The summed E-state index contributed by atoms with van der Waals surface area (Å²) in [5, 5.41) is 5.76. The highest BCUT2D eigenvalue weighted by Gasteiger charge is 2.37. The number of alkyl halides is 6. The van der Waals surface area contributed by atoms with Gasteiger partial charge in [-0.15, -0.1) is 0 Å². The number of carbonyl (C=O) groups excluding carboxylic acids is 2. The fraction of sp³-hybridized carbons (Fsp3) is 0.452. The molecule has 0 saturated carbocycles. The van der Waals surface area contributed by atoms with Gasteiger partial charge in [-0.2, -0.15) is 26.3 Å². The third-order valence-corrected chi connectivity index (χ3v) is 7.04. The Balaban J connectivity index is 1.88. The third-order valence-electron chi connectivity index (χ3n) is 7.04. The van der Waals surface area contributed by atoms with Crippen molar-refractivity contribution >= 4 is 17.8 Å². The molecule has 0 radical (unpaired) electrons.